The van der Waals surface area contributed by atoms with Crippen LogP contribution in [0.25, 0.3) is 0 Å². The number of amides is 1. The van der Waals surface area contributed by atoms with E-state index in [0.29, 0.717) is 19.3 Å². The minimum Gasteiger partial charge on any atom is -0.477 e. The van der Waals surface area contributed by atoms with Crippen molar-refractivity contribution in [2.24, 2.45) is 0 Å². The molecule has 1 aromatic carbocycles. The third-order valence-electron chi connectivity index (χ3n) is 4.44. The Kier molecular flexibility index (Phi) is 4.65. The first-order valence-corrected chi connectivity index (χ1v) is 7.66. The Bertz CT molecular complexity index is 556. The highest BCUT2D eigenvalue weighted by Crippen LogP contribution is 2.39. The van der Waals surface area contributed by atoms with Gasteiger partial charge in [-0.05, 0) is 62.8 Å². The van der Waals surface area contributed by atoms with Gasteiger partial charge in [0.1, 0.15) is 5.75 Å². The molecule has 21 heavy (non-hydrogen) atoms. The number of hydrogen-bond donors (Lipinski definition) is 1. The van der Waals surface area contributed by atoms with Gasteiger partial charge in [0.05, 0.1) is 7.85 Å². The van der Waals surface area contributed by atoms with Crippen LogP contribution in [-0.4, -0.2) is 25.9 Å². The van der Waals surface area contributed by atoms with Gasteiger partial charge in [-0.1, -0.05) is 12.4 Å². The number of aryl methyl sites for hydroxylation is 2. The smallest absolute Gasteiger partial charge is 0.263 e. The van der Waals surface area contributed by atoms with Crippen LogP contribution >= 0.6 is 0 Å². The van der Waals surface area contributed by atoms with Crippen LogP contribution in [0, 0.1) is 20.8 Å². The number of hydrogen-bond acceptors (Lipinski definition) is 2. The highest BCUT2D eigenvalue weighted by Gasteiger charge is 2.39. The average molecular weight is 285 g/mol. The van der Waals surface area contributed by atoms with Gasteiger partial charge in [-0.3, -0.25) is 4.79 Å². The zero-order chi connectivity index (χ0) is 15.6. The summed E-state index contributed by atoms with van der Waals surface area (Å²) in [5, 5.41) is 2.93. The lowest BCUT2D eigenvalue weighted by Gasteiger charge is -2.36. The van der Waals surface area contributed by atoms with E-state index in [1.807, 2.05) is 6.92 Å². The van der Waals surface area contributed by atoms with Crippen molar-refractivity contribution in [3.05, 3.63) is 28.3 Å². The molecule has 1 N–H and O–H groups in total. The number of carbonyl (C=O) groups excluding carboxylic acids is 1. The molecule has 0 saturated carbocycles. The molecule has 4 heteroatoms. The molecule has 2 rings (SSSR count). The molecule has 1 aliphatic heterocycles. The molecule has 0 saturated heterocycles. The molecule has 0 bridgehead atoms. The maximum atomic E-state index is 12.4. The lowest BCUT2D eigenvalue weighted by Crippen LogP contribution is -2.51. The first-order valence-electron chi connectivity index (χ1n) is 7.66. The minimum absolute atomic E-state index is 0.0415. The number of fused-ring (bicyclic) bond motifs is 1. The van der Waals surface area contributed by atoms with Crippen molar-refractivity contribution in [2.75, 3.05) is 6.54 Å². The van der Waals surface area contributed by atoms with Crippen molar-refractivity contribution in [3.8, 4) is 5.75 Å². The van der Waals surface area contributed by atoms with Crippen molar-refractivity contribution in [1.82, 2.24) is 5.32 Å². The quantitative estimate of drug-likeness (QED) is 0.682. The molecule has 112 valence electrons. The molecule has 1 amide bonds. The highest BCUT2D eigenvalue weighted by atomic mass is 16.5. The van der Waals surface area contributed by atoms with E-state index in [4.69, 9.17) is 12.6 Å². The van der Waals surface area contributed by atoms with Crippen LogP contribution in [0.4, 0.5) is 0 Å². The molecular formula is C17H24BNO2. The van der Waals surface area contributed by atoms with Gasteiger partial charge in [0.25, 0.3) is 5.91 Å². The van der Waals surface area contributed by atoms with Crippen molar-refractivity contribution >= 4 is 13.8 Å². The first kappa shape index (κ1) is 15.9. The Labute approximate surface area is 128 Å². The lowest BCUT2D eigenvalue weighted by atomic mass is 9.87. The topological polar surface area (TPSA) is 38.3 Å². The minimum atomic E-state index is -0.785. The summed E-state index contributed by atoms with van der Waals surface area (Å²) in [6.45, 7) is 8.74. The molecule has 1 aromatic rings. The van der Waals surface area contributed by atoms with Crippen LogP contribution in [0.2, 0.25) is 6.32 Å². The monoisotopic (exact) mass is 285 g/mol. The second-order valence-corrected chi connectivity index (χ2v) is 6.17. The third-order valence-corrected chi connectivity index (χ3v) is 4.44. The number of rotatable bonds is 4. The molecule has 1 heterocycles. The average Bonchev–Trinajstić information content (AvgIpc) is 2.45. The molecular weight excluding hydrogens is 261 g/mol. The van der Waals surface area contributed by atoms with Gasteiger partial charge in [0.15, 0.2) is 5.60 Å². The van der Waals surface area contributed by atoms with E-state index in [2.05, 4.69) is 32.2 Å². The second kappa shape index (κ2) is 6.12. The molecule has 1 atom stereocenters. The largest absolute Gasteiger partial charge is 0.477 e. The molecule has 3 nitrogen and oxygen atoms in total. The van der Waals surface area contributed by atoms with Crippen LogP contribution in [0.1, 0.15) is 42.0 Å². The van der Waals surface area contributed by atoms with Gasteiger partial charge < -0.3 is 10.1 Å². The zero-order valence-corrected chi connectivity index (χ0v) is 13.5. The van der Waals surface area contributed by atoms with Crippen LogP contribution in [0.5, 0.6) is 5.75 Å². The molecule has 1 aliphatic rings. The number of carbonyl (C=O) groups is 1. The van der Waals surface area contributed by atoms with Crippen LogP contribution in [-0.2, 0) is 11.2 Å². The molecule has 0 fully saturated rings. The SMILES string of the molecule is [B]CCCNC(=O)C1(C)CCc2c(C)cc(C)c(C)c2O1. The van der Waals surface area contributed by atoms with Crippen LogP contribution < -0.4 is 10.1 Å². The molecule has 0 spiro atoms. The number of nitrogens with one attached hydrogen (secondary N) is 1. The fourth-order valence-electron chi connectivity index (χ4n) is 2.84. The van der Waals surface area contributed by atoms with Crippen molar-refractivity contribution < 1.29 is 9.53 Å². The fraction of sp³-hybridized carbons (Fsp3) is 0.588. The van der Waals surface area contributed by atoms with Gasteiger partial charge in [-0.15, -0.1) is 0 Å². The summed E-state index contributed by atoms with van der Waals surface area (Å²) in [6, 6.07) is 2.20. The van der Waals surface area contributed by atoms with Crippen molar-refractivity contribution in [1.29, 1.82) is 0 Å². The summed E-state index contributed by atoms with van der Waals surface area (Å²) in [5.41, 5.74) is 4.05. The van der Waals surface area contributed by atoms with E-state index >= 15 is 0 Å². The number of ether oxygens (including phenoxy) is 1. The van der Waals surface area contributed by atoms with Crippen molar-refractivity contribution in [2.45, 2.75) is 58.9 Å². The Hall–Kier alpha value is -1.45. The van der Waals surface area contributed by atoms with Gasteiger partial charge in [-0.25, -0.2) is 0 Å². The van der Waals surface area contributed by atoms with E-state index in [1.54, 1.807) is 0 Å². The van der Waals surface area contributed by atoms with E-state index in [0.717, 1.165) is 24.2 Å². The molecule has 1 unspecified atom stereocenters. The van der Waals surface area contributed by atoms with Crippen LogP contribution in [0.3, 0.4) is 0 Å². The van der Waals surface area contributed by atoms with E-state index in [9.17, 15) is 4.79 Å². The Morgan fingerprint density at radius 3 is 2.76 bits per heavy atom. The van der Waals surface area contributed by atoms with E-state index in [-0.39, 0.29) is 5.91 Å². The summed E-state index contributed by atoms with van der Waals surface area (Å²) in [6.07, 6.45) is 2.95. The third kappa shape index (κ3) is 3.09. The molecule has 0 aliphatic carbocycles. The summed E-state index contributed by atoms with van der Waals surface area (Å²) in [4.78, 5) is 12.4. The summed E-state index contributed by atoms with van der Waals surface area (Å²) in [5.74, 6) is 0.857. The standard InChI is InChI=1S/C17H24BNO2/c1-11-10-12(2)14-6-7-17(4,21-15(14)13(11)3)16(20)19-9-5-8-18/h10H,5-9H2,1-4H3,(H,19,20). The fourth-order valence-corrected chi connectivity index (χ4v) is 2.84. The highest BCUT2D eigenvalue weighted by molar-refractivity contribution is 6.08. The van der Waals surface area contributed by atoms with Gasteiger partial charge >= 0.3 is 0 Å². The Balaban J connectivity index is 2.23. The predicted octanol–water partition coefficient (Wildman–Crippen LogP) is 2.79. The molecule has 0 aromatic heterocycles. The Morgan fingerprint density at radius 1 is 1.38 bits per heavy atom. The van der Waals surface area contributed by atoms with Gasteiger partial charge in [0.2, 0.25) is 0 Å². The van der Waals surface area contributed by atoms with Crippen LogP contribution in [0.15, 0.2) is 6.07 Å². The summed E-state index contributed by atoms with van der Waals surface area (Å²) >= 11 is 0. The van der Waals surface area contributed by atoms with E-state index in [1.165, 1.54) is 16.7 Å². The van der Waals surface area contributed by atoms with Gasteiger partial charge in [-0.2, -0.15) is 0 Å². The Morgan fingerprint density at radius 2 is 2.10 bits per heavy atom. The predicted molar refractivity (Wildman–Crippen MR) is 86.2 cm³/mol. The maximum absolute atomic E-state index is 12.4. The first-order chi connectivity index (χ1) is 9.89. The number of benzene rings is 1. The van der Waals surface area contributed by atoms with Gasteiger partial charge in [0, 0.05) is 13.0 Å². The van der Waals surface area contributed by atoms with Crippen molar-refractivity contribution in [3.63, 3.8) is 0 Å². The lowest BCUT2D eigenvalue weighted by molar-refractivity contribution is -0.136. The normalized spacial score (nSPS) is 20.6. The zero-order valence-electron chi connectivity index (χ0n) is 13.5. The molecule has 2 radical (unpaired) electrons. The maximum Gasteiger partial charge on any atom is 0.263 e. The van der Waals surface area contributed by atoms with E-state index < -0.39 is 5.60 Å². The summed E-state index contributed by atoms with van der Waals surface area (Å²) in [7, 11) is 5.46. The second-order valence-electron chi connectivity index (χ2n) is 6.17. The summed E-state index contributed by atoms with van der Waals surface area (Å²) < 4.78 is 6.16.